The van der Waals surface area contributed by atoms with Crippen LogP contribution in [-0.4, -0.2) is 42.8 Å². The van der Waals surface area contributed by atoms with Gasteiger partial charge in [0.05, 0.1) is 5.60 Å². The van der Waals surface area contributed by atoms with Crippen LogP contribution in [0.2, 0.25) is 0 Å². The Balaban J connectivity index is 0.000000671. The summed E-state index contributed by atoms with van der Waals surface area (Å²) in [6.07, 6.45) is 1.89. The minimum atomic E-state index is -0.386. The highest BCUT2D eigenvalue weighted by Gasteiger charge is 2.34. The monoisotopic (exact) mass is 188 g/mol. The van der Waals surface area contributed by atoms with Gasteiger partial charge in [0.2, 0.25) is 0 Å². The van der Waals surface area contributed by atoms with E-state index < -0.39 is 0 Å². The van der Waals surface area contributed by atoms with E-state index >= 15 is 0 Å². The van der Waals surface area contributed by atoms with Crippen LogP contribution < -0.4 is 5.73 Å². The maximum absolute atomic E-state index is 9.99. The minimum Gasteiger partial charge on any atom is -0.388 e. The fourth-order valence-electron chi connectivity index (χ4n) is 1.99. The Hall–Kier alpha value is -0.120. The van der Waals surface area contributed by atoms with Crippen LogP contribution in [0, 0.1) is 5.92 Å². The van der Waals surface area contributed by atoms with Crippen molar-refractivity contribution in [2.24, 2.45) is 11.7 Å². The third-order valence-corrected chi connectivity index (χ3v) is 2.31. The average molecular weight is 188 g/mol. The van der Waals surface area contributed by atoms with Gasteiger partial charge in [-0.15, -0.1) is 0 Å². The molecule has 0 bridgehead atoms. The number of hydrogen-bond donors (Lipinski definition) is 2. The first-order valence-electron chi connectivity index (χ1n) is 5.00. The van der Waals surface area contributed by atoms with Gasteiger partial charge in [-0.3, -0.25) is 0 Å². The zero-order valence-electron chi connectivity index (χ0n) is 9.38. The molecule has 1 unspecified atom stereocenters. The van der Waals surface area contributed by atoms with Gasteiger partial charge < -0.3 is 15.7 Å². The summed E-state index contributed by atoms with van der Waals surface area (Å²) in [5.41, 5.74) is 4.11. The molecule has 1 aliphatic heterocycles. The van der Waals surface area contributed by atoms with E-state index in [1.807, 2.05) is 0 Å². The minimum absolute atomic E-state index is 0.386. The molecular weight excluding hydrogens is 164 g/mol. The van der Waals surface area contributed by atoms with Crippen molar-refractivity contribution in [2.75, 3.05) is 27.2 Å². The highest BCUT2D eigenvalue weighted by atomic mass is 16.3. The van der Waals surface area contributed by atoms with E-state index in [0.29, 0.717) is 5.92 Å². The Bertz CT molecular complexity index is 139. The highest BCUT2D eigenvalue weighted by Crippen LogP contribution is 2.26. The number of hydrogen-bond acceptors (Lipinski definition) is 3. The summed E-state index contributed by atoms with van der Waals surface area (Å²) < 4.78 is 0. The molecule has 1 aliphatic rings. The molecule has 1 rings (SSSR count). The third-order valence-electron chi connectivity index (χ3n) is 2.31. The first kappa shape index (κ1) is 12.9. The van der Waals surface area contributed by atoms with Gasteiger partial charge in [-0.25, -0.2) is 0 Å². The Morgan fingerprint density at radius 1 is 1.46 bits per heavy atom. The lowest BCUT2D eigenvalue weighted by Crippen LogP contribution is -2.33. The van der Waals surface area contributed by atoms with E-state index in [2.05, 4.69) is 31.5 Å². The van der Waals surface area contributed by atoms with Crippen molar-refractivity contribution in [3.8, 4) is 0 Å². The summed E-state index contributed by atoms with van der Waals surface area (Å²) in [5, 5.41) is 9.99. The number of rotatable bonds is 2. The molecule has 0 aromatic heterocycles. The molecule has 0 spiro atoms. The number of aliphatic hydroxyl groups is 1. The van der Waals surface area contributed by atoms with E-state index in [9.17, 15) is 5.11 Å². The van der Waals surface area contributed by atoms with Gasteiger partial charge in [0.15, 0.2) is 0 Å². The van der Waals surface area contributed by atoms with Crippen molar-refractivity contribution in [2.45, 2.75) is 32.3 Å². The maximum Gasteiger partial charge on any atom is 0.0788 e. The molecule has 0 aromatic carbocycles. The van der Waals surface area contributed by atoms with Gasteiger partial charge in [-0.1, -0.05) is 13.8 Å². The molecule has 1 fully saturated rings. The predicted molar refractivity (Wildman–Crippen MR) is 56.6 cm³/mol. The second-order valence-electron chi connectivity index (χ2n) is 4.31. The summed E-state index contributed by atoms with van der Waals surface area (Å²) in [6, 6.07) is 0. The lowest BCUT2D eigenvalue weighted by atomic mass is 9.92. The van der Waals surface area contributed by atoms with Crippen LogP contribution in [0.3, 0.4) is 0 Å². The van der Waals surface area contributed by atoms with Crippen molar-refractivity contribution in [1.29, 1.82) is 0 Å². The molecule has 1 saturated heterocycles. The van der Waals surface area contributed by atoms with Crippen LogP contribution >= 0.6 is 0 Å². The summed E-state index contributed by atoms with van der Waals surface area (Å²) in [7, 11) is 3.57. The molecule has 80 valence electrons. The smallest absolute Gasteiger partial charge is 0.0788 e. The van der Waals surface area contributed by atoms with Crippen molar-refractivity contribution in [3.63, 3.8) is 0 Å². The van der Waals surface area contributed by atoms with Gasteiger partial charge in [0.1, 0.15) is 0 Å². The summed E-state index contributed by atoms with van der Waals surface area (Å²) in [4.78, 5) is 2.20. The largest absolute Gasteiger partial charge is 0.388 e. The number of likely N-dealkylation sites (N-methyl/N-ethyl adjacent to an activating group) is 1. The molecule has 3 nitrogen and oxygen atoms in total. The van der Waals surface area contributed by atoms with Gasteiger partial charge >= 0.3 is 0 Å². The third kappa shape index (κ3) is 4.60. The standard InChI is InChI=1S/C9H19NO.CH5N/c1-8(2)6-9(11)4-5-10(3)7-9;1-2/h8,11H,4-7H2,1-3H3;2H2,1H3. The van der Waals surface area contributed by atoms with Crippen molar-refractivity contribution < 1.29 is 5.11 Å². The molecule has 13 heavy (non-hydrogen) atoms. The number of likely N-dealkylation sites (tertiary alicyclic amines) is 1. The predicted octanol–water partition coefficient (Wildman–Crippen LogP) is 0.674. The summed E-state index contributed by atoms with van der Waals surface area (Å²) in [6.45, 7) is 6.22. The average Bonchev–Trinajstić information content (AvgIpc) is 2.33. The Labute approximate surface area is 81.9 Å². The van der Waals surface area contributed by atoms with Gasteiger partial charge in [-0.2, -0.15) is 0 Å². The topological polar surface area (TPSA) is 49.5 Å². The van der Waals surface area contributed by atoms with E-state index in [-0.39, 0.29) is 5.60 Å². The number of β-amino-alcohol motifs (C(OH)–C–C–N with tert-alkyl or cyclic N) is 1. The van der Waals surface area contributed by atoms with Gasteiger partial charge in [0.25, 0.3) is 0 Å². The SMILES string of the molecule is CC(C)CC1(O)CCN(C)C1.CN. The quantitative estimate of drug-likeness (QED) is 0.670. The highest BCUT2D eigenvalue weighted by molar-refractivity contribution is 4.89. The summed E-state index contributed by atoms with van der Waals surface area (Å²) in [5.74, 6) is 0.603. The van der Waals surface area contributed by atoms with Crippen LogP contribution in [0.15, 0.2) is 0 Å². The van der Waals surface area contributed by atoms with Crippen LogP contribution in [0.5, 0.6) is 0 Å². The van der Waals surface area contributed by atoms with Crippen LogP contribution in [0.25, 0.3) is 0 Å². The van der Waals surface area contributed by atoms with Crippen LogP contribution in [0.4, 0.5) is 0 Å². The fourth-order valence-corrected chi connectivity index (χ4v) is 1.99. The molecule has 1 atom stereocenters. The Kier molecular flexibility index (Phi) is 5.53. The zero-order valence-corrected chi connectivity index (χ0v) is 9.38. The molecule has 0 amide bonds. The van der Waals surface area contributed by atoms with Gasteiger partial charge in [0, 0.05) is 13.1 Å². The summed E-state index contributed by atoms with van der Waals surface area (Å²) >= 11 is 0. The van der Waals surface area contributed by atoms with E-state index in [1.165, 1.54) is 7.05 Å². The lowest BCUT2D eigenvalue weighted by molar-refractivity contribution is 0.0312. The molecule has 0 aliphatic carbocycles. The number of nitrogens with two attached hydrogens (primary N) is 1. The van der Waals surface area contributed by atoms with Crippen LogP contribution in [0.1, 0.15) is 26.7 Å². The molecule has 0 saturated carbocycles. The van der Waals surface area contributed by atoms with E-state index in [0.717, 1.165) is 25.9 Å². The van der Waals surface area contributed by atoms with Gasteiger partial charge in [-0.05, 0) is 32.9 Å². The Morgan fingerprint density at radius 3 is 2.31 bits per heavy atom. The van der Waals surface area contributed by atoms with Crippen LogP contribution in [-0.2, 0) is 0 Å². The normalized spacial score (nSPS) is 28.8. The molecule has 3 N–H and O–H groups in total. The Morgan fingerprint density at radius 2 is 2.00 bits per heavy atom. The molecule has 3 heteroatoms. The van der Waals surface area contributed by atoms with E-state index in [1.54, 1.807) is 0 Å². The molecule has 0 radical (unpaired) electrons. The van der Waals surface area contributed by atoms with Crippen molar-refractivity contribution >= 4 is 0 Å². The second kappa shape index (κ2) is 5.58. The van der Waals surface area contributed by atoms with Crippen molar-refractivity contribution in [3.05, 3.63) is 0 Å². The first-order chi connectivity index (χ1) is 6.02. The van der Waals surface area contributed by atoms with E-state index in [4.69, 9.17) is 0 Å². The zero-order chi connectivity index (χ0) is 10.5. The lowest BCUT2D eigenvalue weighted by Gasteiger charge is -2.24. The maximum atomic E-state index is 9.99. The number of nitrogens with zero attached hydrogens (tertiary/aromatic N) is 1. The fraction of sp³-hybridized carbons (Fsp3) is 1.00. The molecule has 0 aromatic rings. The first-order valence-corrected chi connectivity index (χ1v) is 5.00. The molecule has 1 heterocycles. The van der Waals surface area contributed by atoms with Crippen molar-refractivity contribution in [1.82, 2.24) is 4.90 Å². The second-order valence-corrected chi connectivity index (χ2v) is 4.31. The molecular formula is C10H24N2O.